The van der Waals surface area contributed by atoms with E-state index in [4.69, 9.17) is 4.74 Å². The second-order valence-electron chi connectivity index (χ2n) is 14.1. The van der Waals surface area contributed by atoms with Gasteiger partial charge in [0.05, 0.1) is 30.1 Å². The minimum atomic E-state index is -1.29. The van der Waals surface area contributed by atoms with E-state index in [1.165, 1.54) is 0 Å². The molecule has 0 radical (unpaired) electrons. The van der Waals surface area contributed by atoms with E-state index < -0.39 is 35.1 Å². The zero-order valence-electron chi connectivity index (χ0n) is 28.9. The highest BCUT2D eigenvalue weighted by molar-refractivity contribution is 6.07. The Morgan fingerprint density at radius 2 is 1.61 bits per heavy atom. The van der Waals surface area contributed by atoms with Crippen LogP contribution in [0.3, 0.4) is 0 Å². The smallest absolute Gasteiger partial charge is 0.253 e. The lowest BCUT2D eigenvalue weighted by Gasteiger charge is -2.40. The fourth-order valence-corrected chi connectivity index (χ4v) is 8.68. The number of carbonyl (C=O) groups is 3. The number of aliphatic hydroxyl groups is 1. The van der Waals surface area contributed by atoms with E-state index in [2.05, 4.69) is 13.2 Å². The Hall–Kier alpha value is -4.53. The largest absolute Gasteiger partial charge is 0.394 e. The number of hydrogen-bond acceptors (Lipinski definition) is 5. The Kier molecular flexibility index (Phi) is 9.40. The molecule has 0 saturated carbocycles. The number of nitrogens with zero attached hydrogens (tertiary/aromatic N) is 3. The Morgan fingerprint density at radius 1 is 0.980 bits per heavy atom. The van der Waals surface area contributed by atoms with Crippen LogP contribution in [-0.4, -0.2) is 70.7 Å². The van der Waals surface area contributed by atoms with Crippen molar-refractivity contribution in [2.45, 2.75) is 63.8 Å². The van der Waals surface area contributed by atoms with Crippen LogP contribution in [0.2, 0.25) is 0 Å². The van der Waals surface area contributed by atoms with Crippen molar-refractivity contribution in [3.05, 3.63) is 121 Å². The molecule has 3 aromatic rings. The Labute approximate surface area is 289 Å². The molecule has 0 aromatic heterocycles. The van der Waals surface area contributed by atoms with Gasteiger partial charge in [0.25, 0.3) is 5.91 Å². The number of likely N-dealkylation sites (tertiary alicyclic amines) is 1. The topological polar surface area (TPSA) is 90.4 Å². The van der Waals surface area contributed by atoms with Crippen LogP contribution in [0.15, 0.2) is 104 Å². The first-order valence-electron chi connectivity index (χ1n) is 17.2. The highest BCUT2D eigenvalue weighted by atomic mass is 16.5. The number of benzene rings is 3. The maximum atomic E-state index is 15.3. The molecule has 8 heteroatoms. The van der Waals surface area contributed by atoms with Gasteiger partial charge < -0.3 is 24.5 Å². The fraction of sp³-hybridized carbons (Fsp3) is 0.390. The average molecular weight is 662 g/mol. The third kappa shape index (κ3) is 5.61. The second-order valence-corrected chi connectivity index (χ2v) is 14.1. The number of rotatable bonds is 12. The summed E-state index contributed by atoms with van der Waals surface area (Å²) in [6.07, 6.45) is 4.11. The first-order valence-corrected chi connectivity index (χ1v) is 17.2. The van der Waals surface area contributed by atoms with Crippen LogP contribution in [0.4, 0.5) is 11.4 Å². The number of para-hydroxylation sites is 1. The molecular weight excluding hydrogens is 614 g/mol. The molecule has 3 aliphatic heterocycles. The van der Waals surface area contributed by atoms with Crippen molar-refractivity contribution in [2.75, 3.05) is 29.5 Å². The molecule has 3 heterocycles. The lowest BCUT2D eigenvalue weighted by molar-refractivity contribution is -0.149. The van der Waals surface area contributed by atoms with Gasteiger partial charge in [-0.2, -0.15) is 0 Å². The van der Waals surface area contributed by atoms with Gasteiger partial charge in [0.15, 0.2) is 0 Å². The van der Waals surface area contributed by atoms with Crippen LogP contribution in [0.1, 0.15) is 37.0 Å². The van der Waals surface area contributed by atoms with Gasteiger partial charge >= 0.3 is 0 Å². The van der Waals surface area contributed by atoms with Crippen LogP contribution in [0.25, 0.3) is 0 Å². The maximum absolute atomic E-state index is 15.3. The van der Waals surface area contributed by atoms with Crippen LogP contribution in [-0.2, 0) is 25.5 Å². The summed E-state index contributed by atoms with van der Waals surface area (Å²) in [5, 5.41) is 11.0. The number of fused-ring (bicyclic) bond motifs is 1. The summed E-state index contributed by atoms with van der Waals surface area (Å²) in [4.78, 5) is 50.3. The molecule has 3 aromatic carbocycles. The van der Waals surface area contributed by atoms with Crippen LogP contribution in [0.5, 0.6) is 0 Å². The predicted octanol–water partition coefficient (Wildman–Crippen LogP) is 5.66. The number of hydrogen-bond donors (Lipinski definition) is 1. The van der Waals surface area contributed by atoms with E-state index >= 15 is 9.59 Å². The van der Waals surface area contributed by atoms with E-state index in [-0.39, 0.29) is 43.3 Å². The number of aryl methyl sites for hydroxylation is 2. The van der Waals surface area contributed by atoms with Gasteiger partial charge in [-0.05, 0) is 74.4 Å². The van der Waals surface area contributed by atoms with E-state index in [1.807, 2.05) is 107 Å². The normalized spacial score (nSPS) is 27.4. The summed E-state index contributed by atoms with van der Waals surface area (Å²) in [7, 11) is 0. The zero-order valence-corrected chi connectivity index (χ0v) is 28.9. The third-order valence-electron chi connectivity index (χ3n) is 11.0. The molecule has 3 unspecified atom stereocenters. The number of anilines is 2. The summed E-state index contributed by atoms with van der Waals surface area (Å²) < 4.78 is 7.09. The second kappa shape index (κ2) is 13.4. The molecule has 2 bridgehead atoms. The van der Waals surface area contributed by atoms with Gasteiger partial charge in [-0.3, -0.25) is 14.4 Å². The lowest BCUT2D eigenvalue weighted by atomic mass is 9.62. The molecule has 8 nitrogen and oxygen atoms in total. The first-order chi connectivity index (χ1) is 23.5. The van der Waals surface area contributed by atoms with Crippen molar-refractivity contribution >= 4 is 29.1 Å². The van der Waals surface area contributed by atoms with Gasteiger partial charge in [0, 0.05) is 24.5 Å². The maximum Gasteiger partial charge on any atom is 0.253 e. The standard InChI is InChI=1S/C41H47N3O5/c1-7-21-42(31-17-13-10-14-18-31)37(46)34-35-38(47)44(32(26-45)24-30-15-11-9-12-16-30)36(41(35)25-29(5)40(34,6)49-41)39(48)43(22-8-2)33-23-27(3)19-20-28(33)4/h7-20,23,29,32,34-36,45H,1-2,21-22,24-26H2,3-6H3/t29?,32-,34-,35+,36?,40+,41?/m1/s1. The van der Waals surface area contributed by atoms with Crippen LogP contribution in [0, 0.1) is 31.6 Å². The summed E-state index contributed by atoms with van der Waals surface area (Å²) in [6, 6.07) is 23.1. The average Bonchev–Trinajstić information content (AvgIpc) is 3.62. The molecule has 3 amide bonds. The molecule has 6 rings (SSSR count). The molecule has 256 valence electrons. The summed E-state index contributed by atoms with van der Waals surface area (Å²) in [5.74, 6) is -2.83. The van der Waals surface area contributed by atoms with Gasteiger partial charge in [-0.1, -0.05) is 79.7 Å². The first kappa shape index (κ1) is 34.3. The van der Waals surface area contributed by atoms with Crippen molar-refractivity contribution in [3.63, 3.8) is 0 Å². The Morgan fingerprint density at radius 3 is 2.24 bits per heavy atom. The predicted molar refractivity (Wildman–Crippen MR) is 192 cm³/mol. The quantitative estimate of drug-likeness (QED) is 0.253. The van der Waals surface area contributed by atoms with Gasteiger partial charge in [-0.15, -0.1) is 13.2 Å². The van der Waals surface area contributed by atoms with Crippen LogP contribution < -0.4 is 9.80 Å². The molecule has 49 heavy (non-hydrogen) atoms. The van der Waals surface area contributed by atoms with E-state index in [0.29, 0.717) is 18.5 Å². The van der Waals surface area contributed by atoms with Crippen molar-refractivity contribution in [1.82, 2.24) is 4.90 Å². The zero-order chi connectivity index (χ0) is 35.1. The van der Waals surface area contributed by atoms with E-state index in [1.54, 1.807) is 26.9 Å². The van der Waals surface area contributed by atoms with Crippen molar-refractivity contribution in [2.24, 2.45) is 17.8 Å². The fourth-order valence-electron chi connectivity index (χ4n) is 8.68. The number of aliphatic hydroxyl groups excluding tert-OH is 1. The number of amides is 3. The molecule has 1 spiro atoms. The van der Waals surface area contributed by atoms with Crippen LogP contribution >= 0.6 is 0 Å². The molecular formula is C41H47N3O5. The Bertz CT molecular complexity index is 1740. The number of ether oxygens (including phenoxy) is 1. The minimum Gasteiger partial charge on any atom is -0.394 e. The summed E-state index contributed by atoms with van der Waals surface area (Å²) in [5.41, 5.74) is 1.94. The molecule has 1 N–H and O–H groups in total. The Balaban J connectivity index is 1.52. The highest BCUT2D eigenvalue weighted by Gasteiger charge is 2.80. The third-order valence-corrected chi connectivity index (χ3v) is 11.0. The molecule has 3 saturated heterocycles. The molecule has 0 aliphatic carbocycles. The monoisotopic (exact) mass is 661 g/mol. The molecule has 7 atom stereocenters. The van der Waals surface area contributed by atoms with E-state index in [0.717, 1.165) is 22.4 Å². The molecule has 3 aliphatic rings. The summed E-state index contributed by atoms with van der Waals surface area (Å²) in [6.45, 7) is 15.9. The van der Waals surface area contributed by atoms with Gasteiger partial charge in [-0.25, -0.2) is 0 Å². The summed E-state index contributed by atoms with van der Waals surface area (Å²) >= 11 is 0. The highest BCUT2D eigenvalue weighted by Crippen LogP contribution is 2.66. The van der Waals surface area contributed by atoms with Gasteiger partial charge in [0.2, 0.25) is 11.8 Å². The van der Waals surface area contributed by atoms with E-state index in [9.17, 15) is 9.90 Å². The number of carbonyl (C=O) groups excluding carboxylic acids is 3. The van der Waals surface area contributed by atoms with Crippen molar-refractivity contribution in [3.8, 4) is 0 Å². The van der Waals surface area contributed by atoms with Gasteiger partial charge in [0.1, 0.15) is 11.6 Å². The minimum absolute atomic E-state index is 0.141. The van der Waals surface area contributed by atoms with Crippen molar-refractivity contribution in [1.29, 1.82) is 0 Å². The lowest BCUT2D eigenvalue weighted by Crippen LogP contribution is -2.59. The molecule has 3 fully saturated rings. The van der Waals surface area contributed by atoms with Crippen molar-refractivity contribution < 1.29 is 24.2 Å². The SMILES string of the molecule is C=CCN(C(=O)[C@H]1[C@H]2C(=O)N([C@@H](CO)Cc3ccccc3)C(C(=O)N(CC=C)c3cc(C)ccc3C)C23CC(C)[C@]1(C)O3)c1ccccc1.